The molecule has 1 aromatic heterocycles. The first kappa shape index (κ1) is 19.3. The number of rotatable bonds is 6. The van der Waals surface area contributed by atoms with Gasteiger partial charge >= 0.3 is 0 Å². The van der Waals surface area contributed by atoms with Crippen molar-refractivity contribution >= 4 is 34.3 Å². The highest BCUT2D eigenvalue weighted by molar-refractivity contribution is 8.00. The van der Waals surface area contributed by atoms with E-state index in [2.05, 4.69) is 59.4 Å². The maximum absolute atomic E-state index is 13.3. The van der Waals surface area contributed by atoms with E-state index in [0.29, 0.717) is 5.69 Å². The Labute approximate surface area is 173 Å². The Morgan fingerprint density at radius 2 is 1.83 bits per heavy atom. The lowest BCUT2D eigenvalue weighted by Crippen LogP contribution is -2.13. The zero-order valence-corrected chi connectivity index (χ0v) is 16.9. The van der Waals surface area contributed by atoms with Gasteiger partial charge in [-0.3, -0.25) is 4.79 Å². The highest BCUT2D eigenvalue weighted by atomic mass is 32.2. The molecule has 5 heteroatoms. The quantitative estimate of drug-likeness (QED) is 0.408. The number of para-hydroxylation sites is 1. The molecule has 0 aliphatic heterocycles. The third-order valence-electron chi connectivity index (χ3n) is 4.69. The maximum atomic E-state index is 13.3. The molecule has 1 amide bonds. The van der Waals surface area contributed by atoms with Crippen molar-refractivity contribution in [3.63, 3.8) is 0 Å². The van der Waals surface area contributed by atoms with Gasteiger partial charge in [-0.15, -0.1) is 11.8 Å². The predicted molar refractivity (Wildman–Crippen MR) is 118 cm³/mol. The Morgan fingerprint density at radius 3 is 2.62 bits per heavy atom. The van der Waals surface area contributed by atoms with Crippen molar-refractivity contribution in [3.05, 3.63) is 95.9 Å². The van der Waals surface area contributed by atoms with Crippen LogP contribution in [0.15, 0.2) is 83.9 Å². The lowest BCUT2D eigenvalue weighted by molar-refractivity contribution is -0.113. The fourth-order valence-corrected chi connectivity index (χ4v) is 4.14. The number of aromatic nitrogens is 1. The van der Waals surface area contributed by atoms with Gasteiger partial charge in [0.2, 0.25) is 5.91 Å². The molecule has 0 spiro atoms. The first-order valence-corrected chi connectivity index (χ1v) is 10.4. The van der Waals surface area contributed by atoms with Crippen molar-refractivity contribution < 1.29 is 9.18 Å². The van der Waals surface area contributed by atoms with Crippen LogP contribution in [-0.2, 0) is 11.3 Å². The van der Waals surface area contributed by atoms with Gasteiger partial charge in [-0.25, -0.2) is 4.39 Å². The van der Waals surface area contributed by atoms with E-state index in [1.54, 1.807) is 12.1 Å². The molecule has 0 aliphatic rings. The van der Waals surface area contributed by atoms with Crippen molar-refractivity contribution in [2.75, 3.05) is 11.1 Å². The summed E-state index contributed by atoms with van der Waals surface area (Å²) in [5, 5.41) is 3.87. The average molecular weight is 405 g/mol. The molecule has 146 valence electrons. The highest BCUT2D eigenvalue weighted by Gasteiger charge is 2.11. The van der Waals surface area contributed by atoms with Crippen LogP contribution in [0.3, 0.4) is 0 Å². The van der Waals surface area contributed by atoms with E-state index < -0.39 is 0 Å². The summed E-state index contributed by atoms with van der Waals surface area (Å²) in [6, 6.07) is 22.7. The lowest BCUT2D eigenvalue weighted by Gasteiger charge is -2.06. The second-order valence-corrected chi connectivity index (χ2v) is 7.99. The smallest absolute Gasteiger partial charge is 0.234 e. The number of hydrogen-bond acceptors (Lipinski definition) is 2. The Balaban J connectivity index is 1.50. The molecule has 29 heavy (non-hydrogen) atoms. The number of carbonyl (C=O) groups excluding carboxylic acids is 1. The zero-order valence-electron chi connectivity index (χ0n) is 16.1. The van der Waals surface area contributed by atoms with Gasteiger partial charge in [0, 0.05) is 34.2 Å². The van der Waals surface area contributed by atoms with Crippen LogP contribution in [0, 0.1) is 12.7 Å². The number of halogens is 1. The molecule has 0 radical (unpaired) electrons. The van der Waals surface area contributed by atoms with Crippen LogP contribution >= 0.6 is 11.8 Å². The second kappa shape index (κ2) is 8.53. The van der Waals surface area contributed by atoms with Crippen LogP contribution < -0.4 is 5.32 Å². The van der Waals surface area contributed by atoms with Gasteiger partial charge in [-0.1, -0.05) is 54.1 Å². The number of nitrogens with zero attached hydrogens (tertiary/aromatic N) is 1. The Bertz CT molecular complexity index is 1150. The van der Waals surface area contributed by atoms with Gasteiger partial charge in [0.15, 0.2) is 0 Å². The van der Waals surface area contributed by atoms with Crippen LogP contribution in [0.5, 0.6) is 0 Å². The number of carbonyl (C=O) groups is 1. The van der Waals surface area contributed by atoms with Crippen molar-refractivity contribution in [1.29, 1.82) is 0 Å². The predicted octanol–water partition coefficient (Wildman–Crippen LogP) is 5.87. The summed E-state index contributed by atoms with van der Waals surface area (Å²) in [6.45, 7) is 2.86. The average Bonchev–Trinajstić information content (AvgIpc) is 3.06. The fraction of sp³-hybridized carbons (Fsp3) is 0.125. The second-order valence-electron chi connectivity index (χ2n) is 6.97. The Morgan fingerprint density at radius 1 is 1.03 bits per heavy atom. The first-order valence-electron chi connectivity index (χ1n) is 9.40. The number of anilines is 1. The van der Waals surface area contributed by atoms with E-state index in [0.717, 1.165) is 22.3 Å². The van der Waals surface area contributed by atoms with Crippen molar-refractivity contribution in [2.45, 2.75) is 18.4 Å². The van der Waals surface area contributed by atoms with Gasteiger partial charge in [-0.05, 0) is 36.8 Å². The topological polar surface area (TPSA) is 34.0 Å². The van der Waals surface area contributed by atoms with Crippen molar-refractivity contribution in [1.82, 2.24) is 4.57 Å². The SMILES string of the molecule is Cc1ccc(Cn2cc(SCC(=O)Nc3cccc(F)c3)c3ccccc32)cc1. The minimum atomic E-state index is -0.366. The number of benzene rings is 3. The third-order valence-corrected chi connectivity index (χ3v) is 5.74. The summed E-state index contributed by atoms with van der Waals surface area (Å²) in [5.41, 5.74) is 4.09. The highest BCUT2D eigenvalue weighted by Crippen LogP contribution is 2.30. The largest absolute Gasteiger partial charge is 0.342 e. The molecule has 3 nitrogen and oxygen atoms in total. The van der Waals surface area contributed by atoms with E-state index >= 15 is 0 Å². The third kappa shape index (κ3) is 4.69. The van der Waals surface area contributed by atoms with E-state index in [9.17, 15) is 9.18 Å². The number of amides is 1. The molecule has 1 N–H and O–H groups in total. The molecule has 1 heterocycles. The molecule has 0 fully saturated rings. The van der Waals surface area contributed by atoms with E-state index in [1.165, 1.54) is 35.0 Å². The Kier molecular flexibility index (Phi) is 5.67. The number of aryl methyl sites for hydroxylation is 1. The summed E-state index contributed by atoms with van der Waals surface area (Å²) >= 11 is 1.49. The van der Waals surface area contributed by atoms with Gasteiger partial charge in [0.1, 0.15) is 5.82 Å². The molecule has 0 bridgehead atoms. The normalized spacial score (nSPS) is 11.0. The lowest BCUT2D eigenvalue weighted by atomic mass is 10.1. The molecular formula is C24H21FN2OS. The summed E-state index contributed by atoms with van der Waals surface area (Å²) in [5.74, 6) is -0.264. The zero-order chi connectivity index (χ0) is 20.2. The van der Waals surface area contributed by atoms with E-state index in [-0.39, 0.29) is 17.5 Å². The monoisotopic (exact) mass is 404 g/mol. The maximum Gasteiger partial charge on any atom is 0.234 e. The number of hydrogen-bond donors (Lipinski definition) is 1. The molecule has 0 saturated carbocycles. The fourth-order valence-electron chi connectivity index (χ4n) is 3.26. The van der Waals surface area contributed by atoms with Crippen LogP contribution in [0.4, 0.5) is 10.1 Å². The summed E-state index contributed by atoms with van der Waals surface area (Å²) < 4.78 is 15.5. The minimum Gasteiger partial charge on any atom is -0.342 e. The van der Waals surface area contributed by atoms with E-state index in [1.807, 2.05) is 12.1 Å². The molecular weight excluding hydrogens is 383 g/mol. The Hall–Kier alpha value is -3.05. The first-order chi connectivity index (χ1) is 14.1. The summed E-state index contributed by atoms with van der Waals surface area (Å²) in [4.78, 5) is 13.4. The molecule has 3 aromatic carbocycles. The van der Waals surface area contributed by atoms with Crippen LogP contribution in [0.25, 0.3) is 10.9 Å². The molecule has 4 aromatic rings. The number of thioether (sulfide) groups is 1. The number of nitrogens with one attached hydrogen (secondary N) is 1. The van der Waals surface area contributed by atoms with Crippen LogP contribution in [0.1, 0.15) is 11.1 Å². The van der Waals surface area contributed by atoms with Crippen LogP contribution in [-0.4, -0.2) is 16.2 Å². The standard InChI is InChI=1S/C24H21FN2OS/c1-17-9-11-18(12-10-17)14-27-15-23(21-7-2-3-8-22(21)27)29-16-24(28)26-20-6-4-5-19(25)13-20/h2-13,15H,14,16H2,1H3,(H,26,28). The van der Waals surface area contributed by atoms with E-state index in [4.69, 9.17) is 0 Å². The van der Waals surface area contributed by atoms with Gasteiger partial charge < -0.3 is 9.88 Å². The molecule has 0 saturated heterocycles. The summed E-state index contributed by atoms with van der Waals surface area (Å²) in [6.07, 6.45) is 2.10. The molecule has 0 aliphatic carbocycles. The van der Waals surface area contributed by atoms with Crippen molar-refractivity contribution in [2.24, 2.45) is 0 Å². The van der Waals surface area contributed by atoms with Crippen molar-refractivity contribution in [3.8, 4) is 0 Å². The van der Waals surface area contributed by atoms with Gasteiger partial charge in [-0.2, -0.15) is 0 Å². The minimum absolute atomic E-state index is 0.157. The molecule has 0 unspecified atom stereocenters. The van der Waals surface area contributed by atoms with Gasteiger partial charge in [0.25, 0.3) is 0 Å². The van der Waals surface area contributed by atoms with Crippen LogP contribution in [0.2, 0.25) is 0 Å². The molecule has 0 atom stereocenters. The van der Waals surface area contributed by atoms with Gasteiger partial charge in [0.05, 0.1) is 5.75 Å². The summed E-state index contributed by atoms with van der Waals surface area (Å²) in [7, 11) is 0. The molecule has 4 rings (SSSR count). The number of fused-ring (bicyclic) bond motifs is 1.